The Hall–Kier alpha value is -4.09. The van der Waals surface area contributed by atoms with Gasteiger partial charge in [-0.1, -0.05) is 30.7 Å². The molecule has 4 rings (SSSR count). The molecule has 44 heavy (non-hydrogen) atoms. The number of pyridine rings is 1. The van der Waals surface area contributed by atoms with E-state index in [0.29, 0.717) is 56.9 Å². The van der Waals surface area contributed by atoms with Crippen LogP contribution < -0.4 is 10.5 Å². The largest absolute Gasteiger partial charge is 0.482 e. The van der Waals surface area contributed by atoms with Crippen LogP contribution in [0.25, 0.3) is 0 Å². The molecule has 1 aromatic heterocycles. The fourth-order valence-corrected chi connectivity index (χ4v) is 4.99. The summed E-state index contributed by atoms with van der Waals surface area (Å²) in [7, 11) is 0. The topological polar surface area (TPSA) is 115 Å². The number of amides is 2. The SMILES string of the molecule is CCCOCCC(=O)N1CCN(C(=O)c2ccc(CC(=O)c3cnc(N)c(O[C@H](C)c4c(F)ccc(Cl)c4F)c3)cc2)CC1. The van der Waals surface area contributed by atoms with Crippen molar-refractivity contribution in [3.63, 3.8) is 0 Å². The first-order valence-corrected chi connectivity index (χ1v) is 14.8. The minimum Gasteiger partial charge on any atom is -0.482 e. The van der Waals surface area contributed by atoms with Crippen LogP contribution in [0.2, 0.25) is 5.02 Å². The molecule has 1 atom stereocenters. The number of benzene rings is 2. The Morgan fingerprint density at radius 2 is 1.68 bits per heavy atom. The Morgan fingerprint density at radius 1 is 1.00 bits per heavy atom. The Bertz CT molecular complexity index is 1500. The Labute approximate surface area is 259 Å². The fourth-order valence-electron chi connectivity index (χ4n) is 4.82. The number of piperazine rings is 1. The van der Waals surface area contributed by atoms with Gasteiger partial charge in [-0.2, -0.15) is 0 Å². The summed E-state index contributed by atoms with van der Waals surface area (Å²) >= 11 is 5.80. The van der Waals surface area contributed by atoms with Gasteiger partial charge in [0.1, 0.15) is 11.9 Å². The molecule has 1 saturated heterocycles. The molecule has 2 aromatic carbocycles. The lowest BCUT2D eigenvalue weighted by Crippen LogP contribution is -2.50. The third-order valence-corrected chi connectivity index (χ3v) is 7.58. The number of ketones is 1. The maximum atomic E-state index is 14.5. The highest BCUT2D eigenvalue weighted by Gasteiger charge is 2.25. The van der Waals surface area contributed by atoms with E-state index in [0.717, 1.165) is 18.6 Å². The molecular weight excluding hydrogens is 594 g/mol. The summed E-state index contributed by atoms with van der Waals surface area (Å²) < 4.78 is 39.8. The average molecular weight is 629 g/mol. The van der Waals surface area contributed by atoms with Crippen molar-refractivity contribution >= 4 is 35.0 Å². The second-order valence-corrected chi connectivity index (χ2v) is 10.9. The molecule has 1 aliphatic heterocycles. The van der Waals surface area contributed by atoms with E-state index in [9.17, 15) is 23.2 Å². The molecule has 3 aromatic rings. The molecule has 0 saturated carbocycles. The van der Waals surface area contributed by atoms with E-state index < -0.39 is 17.7 Å². The summed E-state index contributed by atoms with van der Waals surface area (Å²) in [4.78, 5) is 45.9. The van der Waals surface area contributed by atoms with Crippen LogP contribution >= 0.6 is 11.6 Å². The molecule has 2 heterocycles. The second-order valence-electron chi connectivity index (χ2n) is 10.5. The smallest absolute Gasteiger partial charge is 0.253 e. The lowest BCUT2D eigenvalue weighted by molar-refractivity contribution is -0.133. The van der Waals surface area contributed by atoms with Crippen LogP contribution in [0.4, 0.5) is 14.6 Å². The van der Waals surface area contributed by atoms with Gasteiger partial charge in [0, 0.05) is 56.5 Å². The molecule has 2 N–H and O–H groups in total. The molecule has 0 aliphatic carbocycles. The third-order valence-electron chi connectivity index (χ3n) is 7.29. The number of Topliss-reactive ketones (excluding diaryl/α,β-unsaturated/α-hetero) is 1. The van der Waals surface area contributed by atoms with Gasteiger partial charge >= 0.3 is 0 Å². The number of nitrogens with zero attached hydrogens (tertiary/aromatic N) is 3. The molecule has 234 valence electrons. The number of nitrogen functional groups attached to an aromatic ring is 1. The number of anilines is 1. The lowest BCUT2D eigenvalue weighted by atomic mass is 10.0. The van der Waals surface area contributed by atoms with Crippen molar-refractivity contribution in [3.8, 4) is 5.75 Å². The van der Waals surface area contributed by atoms with Crippen molar-refractivity contribution in [1.29, 1.82) is 0 Å². The Morgan fingerprint density at radius 3 is 2.36 bits per heavy atom. The first-order valence-electron chi connectivity index (χ1n) is 14.4. The molecule has 0 bridgehead atoms. The zero-order chi connectivity index (χ0) is 31.8. The fraction of sp³-hybridized carbons (Fsp3) is 0.375. The number of hydrogen-bond donors (Lipinski definition) is 1. The van der Waals surface area contributed by atoms with Crippen LogP contribution in [0.1, 0.15) is 64.6 Å². The van der Waals surface area contributed by atoms with Crippen LogP contribution in [0, 0.1) is 11.6 Å². The van der Waals surface area contributed by atoms with Gasteiger partial charge in [-0.3, -0.25) is 14.4 Å². The van der Waals surface area contributed by atoms with Crippen molar-refractivity contribution < 1.29 is 32.6 Å². The van der Waals surface area contributed by atoms with Gasteiger partial charge in [-0.05, 0) is 49.2 Å². The maximum Gasteiger partial charge on any atom is 0.253 e. The molecule has 0 unspecified atom stereocenters. The number of nitrogens with two attached hydrogens (primary N) is 1. The standard InChI is InChI=1S/C32H35ClF2N4O5/c1-3-15-43-16-10-28(41)38-11-13-39(14-12-38)32(42)22-6-4-21(5-7-22)17-26(40)23-18-27(31(36)37-19-23)44-20(2)29-25(34)9-8-24(33)30(29)35/h4-9,18-20H,3,10-17H2,1-2H3,(H2,36,37)/t20-/m1/s1. The van der Waals surface area contributed by atoms with Crippen LogP contribution in [0.15, 0.2) is 48.7 Å². The molecule has 1 fully saturated rings. The summed E-state index contributed by atoms with van der Waals surface area (Å²) in [5, 5.41) is -0.252. The van der Waals surface area contributed by atoms with Crippen molar-refractivity contribution in [2.24, 2.45) is 0 Å². The monoisotopic (exact) mass is 628 g/mol. The van der Waals surface area contributed by atoms with Gasteiger partial charge < -0.3 is 25.0 Å². The van der Waals surface area contributed by atoms with E-state index in [2.05, 4.69) is 4.98 Å². The summed E-state index contributed by atoms with van der Waals surface area (Å²) in [6, 6.07) is 10.3. The second kappa shape index (κ2) is 15.1. The van der Waals surface area contributed by atoms with Crippen LogP contribution in [-0.2, 0) is 16.0 Å². The van der Waals surface area contributed by atoms with Gasteiger partial charge in [0.05, 0.1) is 23.6 Å². The van der Waals surface area contributed by atoms with E-state index in [1.54, 1.807) is 34.1 Å². The Kier molecular flexibility index (Phi) is 11.2. The summed E-state index contributed by atoms with van der Waals surface area (Å²) in [5.74, 6) is -2.25. The average Bonchev–Trinajstić information content (AvgIpc) is 3.02. The number of ether oxygens (including phenoxy) is 2. The van der Waals surface area contributed by atoms with Crippen LogP contribution in [0.5, 0.6) is 5.75 Å². The summed E-state index contributed by atoms with van der Waals surface area (Å²) in [6.07, 6.45) is 1.44. The van der Waals surface area contributed by atoms with E-state index in [1.165, 1.54) is 19.2 Å². The highest BCUT2D eigenvalue weighted by molar-refractivity contribution is 6.30. The minimum absolute atomic E-state index is 0.00491. The quantitative estimate of drug-likeness (QED) is 0.165. The van der Waals surface area contributed by atoms with Crippen LogP contribution in [0.3, 0.4) is 0 Å². The molecule has 2 amide bonds. The van der Waals surface area contributed by atoms with Crippen molar-refractivity contribution in [3.05, 3.63) is 87.6 Å². The number of aromatic nitrogens is 1. The van der Waals surface area contributed by atoms with Crippen molar-refractivity contribution in [1.82, 2.24) is 14.8 Å². The third kappa shape index (κ3) is 8.09. The lowest BCUT2D eigenvalue weighted by Gasteiger charge is -2.35. The predicted octanol–water partition coefficient (Wildman–Crippen LogP) is 5.26. The maximum absolute atomic E-state index is 14.5. The Balaban J connectivity index is 1.33. The zero-order valence-electron chi connectivity index (χ0n) is 24.7. The highest BCUT2D eigenvalue weighted by atomic mass is 35.5. The minimum atomic E-state index is -1.11. The highest BCUT2D eigenvalue weighted by Crippen LogP contribution is 2.32. The number of rotatable bonds is 12. The zero-order valence-corrected chi connectivity index (χ0v) is 25.4. The van der Waals surface area contributed by atoms with Gasteiger partial charge in [-0.25, -0.2) is 13.8 Å². The molecule has 12 heteroatoms. The van der Waals surface area contributed by atoms with E-state index in [1.807, 2.05) is 6.92 Å². The number of carbonyl (C=O) groups is 3. The number of carbonyl (C=O) groups excluding carboxylic acids is 3. The molecule has 0 radical (unpaired) electrons. The van der Waals surface area contributed by atoms with Crippen molar-refractivity contribution in [2.45, 2.75) is 39.2 Å². The van der Waals surface area contributed by atoms with Crippen LogP contribution in [-0.4, -0.2) is 71.8 Å². The first-order chi connectivity index (χ1) is 21.1. The van der Waals surface area contributed by atoms with Gasteiger partial charge in [0.25, 0.3) is 5.91 Å². The summed E-state index contributed by atoms with van der Waals surface area (Å²) in [6.45, 7) is 6.28. The molecule has 1 aliphatic rings. The normalized spacial score (nSPS) is 13.9. The number of halogens is 3. The van der Waals surface area contributed by atoms with Gasteiger partial charge in [0.15, 0.2) is 23.2 Å². The van der Waals surface area contributed by atoms with E-state index in [-0.39, 0.29) is 51.7 Å². The molecule has 0 spiro atoms. The van der Waals surface area contributed by atoms with Gasteiger partial charge in [0.2, 0.25) is 5.91 Å². The van der Waals surface area contributed by atoms with E-state index in [4.69, 9.17) is 26.8 Å². The first kappa shape index (κ1) is 32.8. The predicted molar refractivity (Wildman–Crippen MR) is 162 cm³/mol. The molecular formula is C32H35ClF2N4O5. The number of hydrogen-bond acceptors (Lipinski definition) is 7. The van der Waals surface area contributed by atoms with E-state index >= 15 is 0 Å². The van der Waals surface area contributed by atoms with Gasteiger partial charge in [-0.15, -0.1) is 0 Å². The summed E-state index contributed by atoms with van der Waals surface area (Å²) in [5.41, 5.74) is 6.88. The molecule has 9 nitrogen and oxygen atoms in total. The van der Waals surface area contributed by atoms with Crippen molar-refractivity contribution in [2.75, 3.05) is 45.1 Å².